The van der Waals surface area contributed by atoms with Crippen LogP contribution >= 0.6 is 11.3 Å². The summed E-state index contributed by atoms with van der Waals surface area (Å²) in [6.07, 6.45) is 3.79. The number of fused-ring (bicyclic) bond motifs is 1. The highest BCUT2D eigenvalue weighted by atomic mass is 32.1. The predicted molar refractivity (Wildman–Crippen MR) is 107 cm³/mol. The minimum Gasteiger partial charge on any atom is -0.462 e. The first-order chi connectivity index (χ1) is 13.1. The number of hydrogen-bond acceptors (Lipinski definition) is 4. The summed E-state index contributed by atoms with van der Waals surface area (Å²) in [7, 11) is 0. The van der Waals surface area contributed by atoms with E-state index in [1.807, 2.05) is 25.1 Å². The second kappa shape index (κ2) is 7.47. The Morgan fingerprint density at radius 1 is 1.26 bits per heavy atom. The van der Waals surface area contributed by atoms with Crippen LogP contribution in [-0.2, 0) is 22.4 Å². The molecule has 2 aliphatic rings. The van der Waals surface area contributed by atoms with E-state index in [4.69, 9.17) is 4.74 Å². The average molecular weight is 384 g/mol. The molecule has 1 saturated carbocycles. The number of hydrogen-bond donors (Lipinski definition) is 1. The molecule has 4 nitrogen and oxygen atoms in total. The number of thiophene rings is 1. The van der Waals surface area contributed by atoms with Crippen molar-refractivity contribution in [2.45, 2.75) is 45.4 Å². The fourth-order valence-electron chi connectivity index (χ4n) is 4.02. The van der Waals surface area contributed by atoms with Gasteiger partial charge in [-0.3, -0.25) is 4.79 Å². The third kappa shape index (κ3) is 3.65. The van der Waals surface area contributed by atoms with Crippen LogP contribution in [-0.4, -0.2) is 18.5 Å². The van der Waals surface area contributed by atoms with E-state index < -0.39 is 0 Å². The highest BCUT2D eigenvalue weighted by molar-refractivity contribution is 7.17. The van der Waals surface area contributed by atoms with E-state index in [0.29, 0.717) is 23.1 Å². The summed E-state index contributed by atoms with van der Waals surface area (Å²) in [5.74, 6) is 0.587. The van der Waals surface area contributed by atoms with Crippen LogP contribution in [0.4, 0.5) is 5.00 Å². The predicted octanol–water partition coefficient (Wildman–Crippen LogP) is 4.79. The van der Waals surface area contributed by atoms with Gasteiger partial charge in [0.15, 0.2) is 0 Å². The van der Waals surface area contributed by atoms with Gasteiger partial charge in [-0.1, -0.05) is 37.3 Å². The summed E-state index contributed by atoms with van der Waals surface area (Å²) in [6.45, 7) is 4.39. The van der Waals surface area contributed by atoms with Crippen molar-refractivity contribution in [1.29, 1.82) is 0 Å². The molecule has 0 unspecified atom stereocenters. The van der Waals surface area contributed by atoms with Crippen LogP contribution in [0.25, 0.3) is 0 Å². The van der Waals surface area contributed by atoms with Crippen molar-refractivity contribution < 1.29 is 14.3 Å². The van der Waals surface area contributed by atoms with E-state index in [1.165, 1.54) is 10.4 Å². The molecule has 0 radical (unpaired) electrons. The molecule has 1 aromatic carbocycles. The molecule has 5 heteroatoms. The number of nitrogens with one attached hydrogen (secondary N) is 1. The van der Waals surface area contributed by atoms with Gasteiger partial charge >= 0.3 is 5.97 Å². The monoisotopic (exact) mass is 383 g/mol. The highest BCUT2D eigenvalue weighted by Crippen LogP contribution is 2.48. The number of amides is 1. The van der Waals surface area contributed by atoms with E-state index in [2.05, 4.69) is 24.4 Å². The van der Waals surface area contributed by atoms with Crippen molar-refractivity contribution in [2.24, 2.45) is 11.8 Å². The summed E-state index contributed by atoms with van der Waals surface area (Å²) < 4.78 is 5.28. The van der Waals surface area contributed by atoms with Gasteiger partial charge in [-0.2, -0.15) is 0 Å². The van der Waals surface area contributed by atoms with Gasteiger partial charge in [0.05, 0.1) is 12.2 Å². The van der Waals surface area contributed by atoms with E-state index in [0.717, 1.165) is 31.2 Å². The van der Waals surface area contributed by atoms with Crippen molar-refractivity contribution in [3.05, 3.63) is 51.9 Å². The molecule has 4 rings (SSSR count). The molecular formula is C22H25NO3S. The summed E-state index contributed by atoms with van der Waals surface area (Å²) in [4.78, 5) is 26.6. The minimum absolute atomic E-state index is 0.0134. The summed E-state index contributed by atoms with van der Waals surface area (Å²) in [6, 6.07) is 10.2. The summed E-state index contributed by atoms with van der Waals surface area (Å²) in [5.41, 5.74) is 2.89. The number of carbonyl (C=O) groups is 2. The Hall–Kier alpha value is -2.14. The minimum atomic E-state index is -0.310. The molecule has 0 bridgehead atoms. The number of anilines is 1. The van der Waals surface area contributed by atoms with Crippen LogP contribution in [0.5, 0.6) is 0 Å². The van der Waals surface area contributed by atoms with E-state index in [1.54, 1.807) is 11.3 Å². The smallest absolute Gasteiger partial charge is 0.341 e. The second-order valence-corrected chi connectivity index (χ2v) is 8.73. The Morgan fingerprint density at radius 3 is 2.78 bits per heavy atom. The van der Waals surface area contributed by atoms with E-state index >= 15 is 0 Å². The first-order valence-corrected chi connectivity index (χ1v) is 10.6. The first-order valence-electron chi connectivity index (χ1n) is 9.76. The van der Waals surface area contributed by atoms with Crippen LogP contribution in [0.3, 0.4) is 0 Å². The van der Waals surface area contributed by atoms with Crippen LogP contribution < -0.4 is 5.32 Å². The fourth-order valence-corrected chi connectivity index (χ4v) is 5.42. The Kier molecular flexibility index (Phi) is 5.04. The number of esters is 1. The largest absolute Gasteiger partial charge is 0.462 e. The zero-order valence-electron chi connectivity index (χ0n) is 15.8. The van der Waals surface area contributed by atoms with Gasteiger partial charge in [-0.05, 0) is 55.6 Å². The number of rotatable bonds is 5. The van der Waals surface area contributed by atoms with Gasteiger partial charge in [-0.25, -0.2) is 4.79 Å². The summed E-state index contributed by atoms with van der Waals surface area (Å²) in [5, 5.41) is 3.74. The van der Waals surface area contributed by atoms with Gasteiger partial charge in [0.25, 0.3) is 0 Å². The van der Waals surface area contributed by atoms with Gasteiger partial charge < -0.3 is 10.1 Å². The fraction of sp³-hybridized carbons (Fsp3) is 0.455. The highest BCUT2D eigenvalue weighted by Gasteiger charge is 2.44. The van der Waals surface area contributed by atoms with Gasteiger partial charge in [0, 0.05) is 10.8 Å². The molecule has 1 amide bonds. The van der Waals surface area contributed by atoms with Crippen molar-refractivity contribution in [1.82, 2.24) is 0 Å². The third-order valence-corrected chi connectivity index (χ3v) is 6.75. The molecule has 27 heavy (non-hydrogen) atoms. The van der Waals surface area contributed by atoms with E-state index in [-0.39, 0.29) is 23.7 Å². The lowest BCUT2D eigenvalue weighted by Crippen LogP contribution is -2.18. The van der Waals surface area contributed by atoms with Gasteiger partial charge in [-0.15, -0.1) is 11.3 Å². The van der Waals surface area contributed by atoms with Gasteiger partial charge in [0.2, 0.25) is 5.91 Å². The quantitative estimate of drug-likeness (QED) is 0.755. The summed E-state index contributed by atoms with van der Waals surface area (Å²) >= 11 is 1.56. The first kappa shape index (κ1) is 18.2. The van der Waals surface area contributed by atoms with Gasteiger partial charge in [0.1, 0.15) is 5.00 Å². The maximum absolute atomic E-state index is 12.8. The Labute approximate surface area is 163 Å². The third-order valence-electron chi connectivity index (χ3n) is 5.58. The number of ether oxygens (including phenoxy) is 1. The lowest BCUT2D eigenvalue weighted by atomic mass is 9.88. The molecular weight excluding hydrogens is 358 g/mol. The standard InChI is InChI=1S/C22H25NO3S/c1-3-26-22(25)19-15-10-9-13(2)11-18(15)27-21(19)23-20(24)17-12-16(17)14-7-5-4-6-8-14/h4-8,13,16-17H,3,9-12H2,1-2H3,(H,23,24)/t13-,16+,17-/m0/s1. The molecule has 3 atom stereocenters. The SMILES string of the molecule is CCOC(=O)c1c(NC(=O)[C@H]2C[C@@H]2c2ccccc2)sc2c1CC[C@H](C)C2. The molecule has 1 N–H and O–H groups in total. The van der Waals surface area contributed by atoms with Crippen molar-refractivity contribution in [3.63, 3.8) is 0 Å². The lowest BCUT2D eigenvalue weighted by Gasteiger charge is -2.18. The topological polar surface area (TPSA) is 55.4 Å². The Morgan fingerprint density at radius 2 is 2.04 bits per heavy atom. The molecule has 0 aliphatic heterocycles. The van der Waals surface area contributed by atoms with Crippen LogP contribution in [0.1, 0.15) is 59.0 Å². The molecule has 2 aliphatic carbocycles. The molecule has 1 fully saturated rings. The number of benzene rings is 1. The zero-order chi connectivity index (χ0) is 19.0. The zero-order valence-corrected chi connectivity index (χ0v) is 16.6. The molecule has 1 aromatic heterocycles. The van der Waals surface area contributed by atoms with Crippen LogP contribution in [0.15, 0.2) is 30.3 Å². The molecule has 1 heterocycles. The molecule has 142 valence electrons. The molecule has 0 spiro atoms. The molecule has 0 saturated heterocycles. The maximum atomic E-state index is 12.8. The van der Waals surface area contributed by atoms with Crippen molar-refractivity contribution >= 4 is 28.2 Å². The average Bonchev–Trinajstić information content (AvgIpc) is 3.38. The number of carbonyl (C=O) groups excluding carboxylic acids is 2. The van der Waals surface area contributed by atoms with E-state index in [9.17, 15) is 9.59 Å². The van der Waals surface area contributed by atoms with Crippen molar-refractivity contribution in [2.75, 3.05) is 11.9 Å². The van der Waals surface area contributed by atoms with Crippen molar-refractivity contribution in [3.8, 4) is 0 Å². The maximum Gasteiger partial charge on any atom is 0.341 e. The Bertz CT molecular complexity index is 858. The lowest BCUT2D eigenvalue weighted by molar-refractivity contribution is -0.117. The Balaban J connectivity index is 1.55. The second-order valence-electron chi connectivity index (χ2n) is 7.62. The normalized spacial score (nSPS) is 23.4. The van der Waals surface area contributed by atoms with Crippen LogP contribution in [0.2, 0.25) is 0 Å². The molecule has 2 aromatic rings. The van der Waals surface area contributed by atoms with Crippen LogP contribution in [0, 0.1) is 11.8 Å².